The molecule has 0 radical (unpaired) electrons. The van der Waals surface area contributed by atoms with E-state index in [2.05, 4.69) is 21.2 Å². The summed E-state index contributed by atoms with van der Waals surface area (Å²) in [7, 11) is 0. The highest BCUT2D eigenvalue weighted by Gasteiger charge is 2.13. The van der Waals surface area contributed by atoms with Crippen LogP contribution in [-0.4, -0.2) is 11.0 Å². The molecule has 0 aromatic heterocycles. The molecule has 20 heavy (non-hydrogen) atoms. The lowest BCUT2D eigenvalue weighted by atomic mass is 10.1. The summed E-state index contributed by atoms with van der Waals surface area (Å²) in [5.74, 6) is -0.303. The molecule has 1 unspecified atom stereocenters. The van der Waals surface area contributed by atoms with Gasteiger partial charge >= 0.3 is 0 Å². The fourth-order valence-electron chi connectivity index (χ4n) is 1.91. The third-order valence-corrected chi connectivity index (χ3v) is 3.41. The van der Waals surface area contributed by atoms with Gasteiger partial charge in [0.15, 0.2) is 0 Å². The minimum atomic E-state index is -0.659. The van der Waals surface area contributed by atoms with E-state index in [1.807, 2.05) is 6.07 Å². The Morgan fingerprint density at radius 1 is 1.30 bits per heavy atom. The number of halogens is 1. The molecule has 104 valence electrons. The lowest BCUT2D eigenvalue weighted by Gasteiger charge is -2.13. The second-order valence-electron chi connectivity index (χ2n) is 4.45. The average Bonchev–Trinajstić information content (AvgIpc) is 2.38. The minimum Gasteiger partial charge on any atom is -0.398 e. The molecule has 4 N–H and O–H groups in total. The molecule has 0 spiro atoms. The number of nitrogen functional groups attached to an aromatic ring is 1. The van der Waals surface area contributed by atoms with Gasteiger partial charge in [0.05, 0.1) is 11.7 Å². The number of nitrogens with one attached hydrogen (secondary N) is 1. The fourth-order valence-corrected chi connectivity index (χ4v) is 2.28. The molecule has 2 rings (SSSR count). The van der Waals surface area contributed by atoms with E-state index in [1.54, 1.807) is 43.3 Å². The summed E-state index contributed by atoms with van der Waals surface area (Å²) < 4.78 is 0.816. The first-order valence-electron chi connectivity index (χ1n) is 6.12. The Bertz CT molecular complexity index is 642. The van der Waals surface area contributed by atoms with E-state index in [9.17, 15) is 9.90 Å². The maximum Gasteiger partial charge on any atom is 0.257 e. The van der Waals surface area contributed by atoms with Gasteiger partial charge in [-0.2, -0.15) is 0 Å². The zero-order valence-corrected chi connectivity index (χ0v) is 12.5. The quantitative estimate of drug-likeness (QED) is 0.753. The second kappa shape index (κ2) is 6.07. The topological polar surface area (TPSA) is 75.3 Å². The van der Waals surface area contributed by atoms with Gasteiger partial charge in [-0.1, -0.05) is 34.1 Å². The molecule has 0 aliphatic heterocycles. The number of anilines is 2. The number of benzene rings is 2. The standard InChI is InChI=1S/C15H15BrN2O2/c1-9(19)11-4-2-3-5-14(11)18-15(20)12-7-6-10(16)8-13(12)17/h2-9,19H,17H2,1H3,(H,18,20). The van der Waals surface area contributed by atoms with Crippen molar-refractivity contribution in [2.75, 3.05) is 11.1 Å². The van der Waals surface area contributed by atoms with Gasteiger partial charge in [0, 0.05) is 21.4 Å². The van der Waals surface area contributed by atoms with Crippen molar-refractivity contribution >= 4 is 33.2 Å². The molecule has 0 fully saturated rings. The largest absolute Gasteiger partial charge is 0.398 e. The van der Waals surface area contributed by atoms with Gasteiger partial charge in [-0.15, -0.1) is 0 Å². The molecule has 0 aliphatic carbocycles. The Labute approximate surface area is 125 Å². The number of aliphatic hydroxyl groups excluding tert-OH is 1. The van der Waals surface area contributed by atoms with E-state index < -0.39 is 6.10 Å². The SMILES string of the molecule is CC(O)c1ccccc1NC(=O)c1ccc(Br)cc1N. The Balaban J connectivity index is 2.28. The van der Waals surface area contributed by atoms with E-state index in [4.69, 9.17) is 5.73 Å². The molecule has 4 nitrogen and oxygen atoms in total. The van der Waals surface area contributed by atoms with Gasteiger partial charge in [-0.05, 0) is 31.2 Å². The lowest BCUT2D eigenvalue weighted by molar-refractivity contribution is 0.102. The summed E-state index contributed by atoms with van der Waals surface area (Å²) in [6.07, 6.45) is -0.659. The number of hydrogen-bond donors (Lipinski definition) is 3. The Morgan fingerprint density at radius 3 is 2.65 bits per heavy atom. The Morgan fingerprint density at radius 2 is 2.00 bits per heavy atom. The van der Waals surface area contributed by atoms with Crippen LogP contribution in [0.2, 0.25) is 0 Å². The number of carbonyl (C=O) groups is 1. The number of hydrogen-bond acceptors (Lipinski definition) is 3. The monoisotopic (exact) mass is 334 g/mol. The highest BCUT2D eigenvalue weighted by atomic mass is 79.9. The smallest absolute Gasteiger partial charge is 0.257 e. The van der Waals surface area contributed by atoms with Crippen LogP contribution in [0.15, 0.2) is 46.9 Å². The second-order valence-corrected chi connectivity index (χ2v) is 5.36. The normalized spacial score (nSPS) is 11.9. The number of para-hydroxylation sites is 1. The van der Waals surface area contributed by atoms with Crippen molar-refractivity contribution in [3.05, 3.63) is 58.1 Å². The van der Waals surface area contributed by atoms with Gasteiger partial charge in [-0.3, -0.25) is 4.79 Å². The van der Waals surface area contributed by atoms with E-state index in [0.29, 0.717) is 22.5 Å². The number of nitrogens with two attached hydrogens (primary N) is 1. The molecule has 0 bridgehead atoms. The number of rotatable bonds is 3. The first-order valence-corrected chi connectivity index (χ1v) is 6.91. The summed E-state index contributed by atoms with van der Waals surface area (Å²) in [6.45, 7) is 1.65. The van der Waals surface area contributed by atoms with Crippen molar-refractivity contribution in [3.8, 4) is 0 Å². The number of amides is 1. The molecule has 2 aromatic rings. The van der Waals surface area contributed by atoms with Crippen LogP contribution in [0.1, 0.15) is 28.9 Å². The summed E-state index contributed by atoms with van der Waals surface area (Å²) >= 11 is 3.30. The molecule has 0 saturated carbocycles. The molecule has 1 amide bonds. The Kier molecular flexibility index (Phi) is 4.42. The van der Waals surface area contributed by atoms with Crippen molar-refractivity contribution < 1.29 is 9.90 Å². The van der Waals surface area contributed by atoms with E-state index >= 15 is 0 Å². The predicted molar refractivity (Wildman–Crippen MR) is 83.6 cm³/mol. The minimum absolute atomic E-state index is 0.303. The van der Waals surface area contributed by atoms with Gasteiger partial charge in [-0.25, -0.2) is 0 Å². The average molecular weight is 335 g/mol. The molecule has 0 heterocycles. The first-order chi connectivity index (χ1) is 9.49. The fraction of sp³-hybridized carbons (Fsp3) is 0.133. The number of aliphatic hydroxyl groups is 1. The van der Waals surface area contributed by atoms with Crippen molar-refractivity contribution in [1.29, 1.82) is 0 Å². The van der Waals surface area contributed by atoms with Gasteiger partial charge < -0.3 is 16.2 Å². The molecule has 0 saturated heterocycles. The lowest BCUT2D eigenvalue weighted by Crippen LogP contribution is -2.15. The van der Waals surface area contributed by atoms with E-state index in [1.165, 1.54) is 0 Å². The molecular formula is C15H15BrN2O2. The third-order valence-electron chi connectivity index (χ3n) is 2.92. The van der Waals surface area contributed by atoms with Crippen LogP contribution in [0.4, 0.5) is 11.4 Å². The van der Waals surface area contributed by atoms with Crippen molar-refractivity contribution in [3.63, 3.8) is 0 Å². The van der Waals surface area contributed by atoms with Crippen molar-refractivity contribution in [2.45, 2.75) is 13.0 Å². The van der Waals surface area contributed by atoms with Crippen LogP contribution in [0.25, 0.3) is 0 Å². The van der Waals surface area contributed by atoms with Crippen LogP contribution in [0.3, 0.4) is 0 Å². The van der Waals surface area contributed by atoms with E-state index in [0.717, 1.165) is 4.47 Å². The van der Waals surface area contributed by atoms with Crippen LogP contribution in [0, 0.1) is 0 Å². The maximum absolute atomic E-state index is 12.2. The summed E-state index contributed by atoms with van der Waals surface area (Å²) in [6, 6.07) is 12.2. The zero-order chi connectivity index (χ0) is 14.7. The highest BCUT2D eigenvalue weighted by Crippen LogP contribution is 2.24. The summed E-state index contributed by atoms with van der Waals surface area (Å²) in [4.78, 5) is 12.2. The van der Waals surface area contributed by atoms with Crippen LogP contribution in [0.5, 0.6) is 0 Å². The highest BCUT2D eigenvalue weighted by molar-refractivity contribution is 9.10. The molecule has 2 aromatic carbocycles. The zero-order valence-electron chi connectivity index (χ0n) is 10.9. The van der Waals surface area contributed by atoms with Crippen molar-refractivity contribution in [2.24, 2.45) is 0 Å². The third kappa shape index (κ3) is 3.18. The molecule has 1 atom stereocenters. The number of carbonyl (C=O) groups excluding carboxylic acids is 1. The van der Waals surface area contributed by atoms with Crippen LogP contribution in [-0.2, 0) is 0 Å². The van der Waals surface area contributed by atoms with Crippen molar-refractivity contribution in [1.82, 2.24) is 0 Å². The summed E-state index contributed by atoms with van der Waals surface area (Å²) in [5.41, 5.74) is 7.87. The van der Waals surface area contributed by atoms with Gasteiger partial charge in [0.2, 0.25) is 0 Å². The van der Waals surface area contributed by atoms with Gasteiger partial charge in [0.1, 0.15) is 0 Å². The van der Waals surface area contributed by atoms with Gasteiger partial charge in [0.25, 0.3) is 5.91 Å². The molecule has 5 heteroatoms. The van der Waals surface area contributed by atoms with E-state index in [-0.39, 0.29) is 5.91 Å². The molecule has 0 aliphatic rings. The van der Waals surface area contributed by atoms with Crippen LogP contribution >= 0.6 is 15.9 Å². The predicted octanol–water partition coefficient (Wildman–Crippen LogP) is 3.34. The Hall–Kier alpha value is -1.85. The van der Waals surface area contributed by atoms with Crippen LogP contribution < -0.4 is 11.1 Å². The first kappa shape index (κ1) is 14.6. The maximum atomic E-state index is 12.2. The molecular weight excluding hydrogens is 320 g/mol. The summed E-state index contributed by atoms with van der Waals surface area (Å²) in [5, 5.41) is 12.5.